The second-order valence-corrected chi connectivity index (χ2v) is 4.52. The molecule has 0 saturated heterocycles. The predicted molar refractivity (Wildman–Crippen MR) is 73.6 cm³/mol. The van der Waals surface area contributed by atoms with Crippen molar-refractivity contribution in [3.63, 3.8) is 0 Å². The molecule has 0 fully saturated rings. The fourth-order valence-corrected chi connectivity index (χ4v) is 2.35. The first-order valence-corrected chi connectivity index (χ1v) is 6.96. The maximum atomic E-state index is 13.1. The van der Waals surface area contributed by atoms with Crippen LogP contribution in [0.5, 0.6) is 0 Å². The topological polar surface area (TPSA) is 21.3 Å². The molecule has 2 nitrogen and oxygen atoms in total. The van der Waals surface area contributed by atoms with Crippen molar-refractivity contribution in [2.45, 2.75) is 45.5 Å². The number of hydrogen-bond donors (Lipinski definition) is 1. The molecule has 1 rings (SSSR count). The molecule has 5 heteroatoms. The third kappa shape index (κ3) is 4.21. The van der Waals surface area contributed by atoms with Crippen LogP contribution in [0.4, 0.5) is 13.2 Å². The third-order valence-corrected chi connectivity index (χ3v) is 3.18. The molecule has 0 aliphatic rings. The Morgan fingerprint density at radius 2 is 1.80 bits per heavy atom. The van der Waals surface area contributed by atoms with E-state index in [2.05, 4.69) is 5.32 Å². The molecule has 0 heterocycles. The lowest BCUT2D eigenvalue weighted by Crippen LogP contribution is -2.35. The van der Waals surface area contributed by atoms with Crippen LogP contribution in [-0.2, 0) is 10.9 Å². The average Bonchev–Trinajstić information content (AvgIpc) is 2.42. The zero-order valence-electron chi connectivity index (χ0n) is 12.1. The summed E-state index contributed by atoms with van der Waals surface area (Å²) >= 11 is 0. The van der Waals surface area contributed by atoms with Gasteiger partial charge in [0.15, 0.2) is 0 Å². The Morgan fingerprint density at radius 3 is 2.30 bits per heavy atom. The third-order valence-electron chi connectivity index (χ3n) is 3.18. The number of alkyl halides is 3. The first kappa shape index (κ1) is 17.0. The molecule has 2 atom stereocenters. The quantitative estimate of drug-likeness (QED) is 0.813. The van der Waals surface area contributed by atoms with E-state index >= 15 is 0 Å². The van der Waals surface area contributed by atoms with Crippen molar-refractivity contribution in [2.75, 3.05) is 13.2 Å². The van der Waals surface area contributed by atoms with Gasteiger partial charge in [-0.3, -0.25) is 0 Å². The van der Waals surface area contributed by atoms with Crippen LogP contribution in [0.3, 0.4) is 0 Å². The van der Waals surface area contributed by atoms with Crippen LogP contribution < -0.4 is 5.32 Å². The van der Waals surface area contributed by atoms with Gasteiger partial charge in [0.1, 0.15) is 0 Å². The smallest absolute Gasteiger partial charge is 0.377 e. The first-order chi connectivity index (χ1) is 9.45. The highest BCUT2D eigenvalue weighted by Gasteiger charge is 2.36. The van der Waals surface area contributed by atoms with E-state index in [4.69, 9.17) is 4.74 Å². The number of nitrogens with one attached hydrogen (secondary N) is 1. The molecule has 0 amide bonds. The fourth-order valence-electron chi connectivity index (χ4n) is 2.35. The lowest BCUT2D eigenvalue weighted by Gasteiger charge is -2.29. The number of ether oxygens (including phenoxy) is 1. The highest BCUT2D eigenvalue weighted by molar-refractivity contribution is 5.33. The summed E-state index contributed by atoms with van der Waals surface area (Å²) in [6.45, 7) is 6.71. The number of rotatable bonds is 7. The standard InChI is InChI=1S/C15H22F3NO/c1-4-13(20-6-3)14(19-5-2)11-9-7-8-10-12(11)15(16,17)18/h7-10,13-14,19H,4-6H2,1-3H3. The molecule has 0 bridgehead atoms. The van der Waals surface area contributed by atoms with Crippen molar-refractivity contribution in [2.24, 2.45) is 0 Å². The molecule has 1 N–H and O–H groups in total. The minimum atomic E-state index is -4.35. The average molecular weight is 289 g/mol. The minimum absolute atomic E-state index is 0.252. The zero-order valence-corrected chi connectivity index (χ0v) is 12.1. The summed E-state index contributed by atoms with van der Waals surface area (Å²) in [4.78, 5) is 0. The number of halogens is 3. The van der Waals surface area contributed by atoms with Crippen molar-refractivity contribution in [3.05, 3.63) is 35.4 Å². The Kier molecular flexibility index (Phi) is 6.49. The molecule has 114 valence electrons. The van der Waals surface area contributed by atoms with Crippen molar-refractivity contribution in [1.29, 1.82) is 0 Å². The molecule has 0 aliphatic carbocycles. The summed E-state index contributed by atoms with van der Waals surface area (Å²) in [6.07, 6.45) is -3.98. The van der Waals surface area contributed by atoms with Crippen LogP contribution in [0.15, 0.2) is 24.3 Å². The maximum Gasteiger partial charge on any atom is 0.416 e. The normalized spacial score (nSPS) is 15.1. The van der Waals surface area contributed by atoms with Crippen molar-refractivity contribution < 1.29 is 17.9 Å². The van der Waals surface area contributed by atoms with Gasteiger partial charge >= 0.3 is 6.18 Å². The van der Waals surface area contributed by atoms with Crippen molar-refractivity contribution >= 4 is 0 Å². The van der Waals surface area contributed by atoms with Crippen LogP contribution in [0.25, 0.3) is 0 Å². The van der Waals surface area contributed by atoms with E-state index in [-0.39, 0.29) is 11.7 Å². The Hall–Kier alpha value is -1.07. The molecular weight excluding hydrogens is 267 g/mol. The molecule has 2 unspecified atom stereocenters. The number of hydrogen-bond acceptors (Lipinski definition) is 2. The molecule has 0 radical (unpaired) electrons. The van der Waals surface area contributed by atoms with Gasteiger partial charge in [-0.05, 0) is 31.5 Å². The Bertz CT molecular complexity index is 406. The van der Waals surface area contributed by atoms with Gasteiger partial charge in [0.2, 0.25) is 0 Å². The Morgan fingerprint density at radius 1 is 1.15 bits per heavy atom. The van der Waals surface area contributed by atoms with E-state index < -0.39 is 17.8 Å². The van der Waals surface area contributed by atoms with Gasteiger partial charge in [0, 0.05) is 6.61 Å². The molecule has 1 aromatic rings. The Labute approximate surface area is 118 Å². The van der Waals surface area contributed by atoms with E-state index in [0.717, 1.165) is 6.07 Å². The molecule has 0 spiro atoms. The van der Waals surface area contributed by atoms with Crippen LogP contribution in [0.2, 0.25) is 0 Å². The van der Waals surface area contributed by atoms with Gasteiger partial charge in [-0.25, -0.2) is 0 Å². The van der Waals surface area contributed by atoms with Crippen LogP contribution >= 0.6 is 0 Å². The monoisotopic (exact) mass is 289 g/mol. The van der Waals surface area contributed by atoms with Crippen LogP contribution in [0, 0.1) is 0 Å². The van der Waals surface area contributed by atoms with Crippen LogP contribution in [0.1, 0.15) is 44.4 Å². The summed E-state index contributed by atoms with van der Waals surface area (Å²) in [6, 6.07) is 5.24. The van der Waals surface area contributed by atoms with E-state index in [1.807, 2.05) is 20.8 Å². The van der Waals surface area contributed by atoms with Gasteiger partial charge in [-0.1, -0.05) is 32.0 Å². The highest BCUT2D eigenvalue weighted by atomic mass is 19.4. The van der Waals surface area contributed by atoms with Crippen molar-refractivity contribution in [1.82, 2.24) is 5.32 Å². The lowest BCUT2D eigenvalue weighted by atomic mass is 9.94. The number of benzene rings is 1. The minimum Gasteiger partial charge on any atom is -0.377 e. The molecule has 0 aliphatic heterocycles. The molecular formula is C15H22F3NO. The van der Waals surface area contributed by atoms with Crippen molar-refractivity contribution in [3.8, 4) is 0 Å². The SMILES string of the molecule is CCNC(c1ccccc1C(F)(F)F)C(CC)OCC. The molecule has 1 aromatic carbocycles. The van der Waals surface area contributed by atoms with Gasteiger partial charge in [-0.15, -0.1) is 0 Å². The zero-order chi connectivity index (χ0) is 15.2. The second-order valence-electron chi connectivity index (χ2n) is 4.52. The predicted octanol–water partition coefficient (Wildman–Crippen LogP) is 4.17. The van der Waals surface area contributed by atoms with Gasteiger partial charge in [0.05, 0.1) is 17.7 Å². The molecule has 0 saturated carbocycles. The summed E-state index contributed by atoms with van der Waals surface area (Å²) in [7, 11) is 0. The summed E-state index contributed by atoms with van der Waals surface area (Å²) < 4.78 is 45.0. The van der Waals surface area contributed by atoms with Gasteiger partial charge in [-0.2, -0.15) is 13.2 Å². The Balaban J connectivity index is 3.20. The van der Waals surface area contributed by atoms with Gasteiger partial charge in [0.25, 0.3) is 0 Å². The van der Waals surface area contributed by atoms with E-state index in [1.165, 1.54) is 12.1 Å². The maximum absolute atomic E-state index is 13.1. The molecule has 0 aromatic heterocycles. The summed E-state index contributed by atoms with van der Waals surface area (Å²) in [5.41, 5.74) is -0.341. The molecule has 20 heavy (non-hydrogen) atoms. The first-order valence-electron chi connectivity index (χ1n) is 6.96. The lowest BCUT2D eigenvalue weighted by molar-refractivity contribution is -0.138. The highest BCUT2D eigenvalue weighted by Crippen LogP contribution is 2.36. The fraction of sp³-hybridized carbons (Fsp3) is 0.600. The van der Waals surface area contributed by atoms with Gasteiger partial charge < -0.3 is 10.1 Å². The van der Waals surface area contributed by atoms with E-state index in [9.17, 15) is 13.2 Å². The summed E-state index contributed by atoms with van der Waals surface area (Å²) in [5, 5.41) is 3.12. The second kappa shape index (κ2) is 7.64. The van der Waals surface area contributed by atoms with Crippen LogP contribution in [-0.4, -0.2) is 19.3 Å². The summed E-state index contributed by atoms with van der Waals surface area (Å²) in [5.74, 6) is 0. The van der Waals surface area contributed by atoms with E-state index in [0.29, 0.717) is 19.6 Å². The largest absolute Gasteiger partial charge is 0.416 e. The number of likely N-dealkylation sites (N-methyl/N-ethyl adjacent to an activating group) is 1. The van der Waals surface area contributed by atoms with E-state index in [1.54, 1.807) is 6.07 Å².